The van der Waals surface area contributed by atoms with Crippen LogP contribution in [0.1, 0.15) is 42.5 Å². The van der Waals surface area contributed by atoms with Crippen molar-refractivity contribution in [2.75, 3.05) is 13.2 Å². The predicted molar refractivity (Wildman–Crippen MR) is 176 cm³/mol. The number of benzene rings is 2. The highest BCUT2D eigenvalue weighted by atomic mass is 79.9. The molecule has 2 aromatic carbocycles. The Kier molecular flexibility index (Phi) is 9.15. The van der Waals surface area contributed by atoms with Crippen molar-refractivity contribution in [1.29, 1.82) is 0 Å². The summed E-state index contributed by atoms with van der Waals surface area (Å²) < 4.78 is 19.9. The highest BCUT2D eigenvalue weighted by molar-refractivity contribution is 9.10. The molecule has 0 N–H and O–H groups in total. The summed E-state index contributed by atoms with van der Waals surface area (Å²) in [7, 11) is 0. The van der Waals surface area contributed by atoms with Crippen LogP contribution in [0.15, 0.2) is 107 Å². The molecule has 12 heteroatoms. The fraction of sp³-hybridized carbons (Fsp3) is 0.182. The molecule has 0 aliphatic carbocycles. The van der Waals surface area contributed by atoms with Crippen LogP contribution in [0.2, 0.25) is 0 Å². The Hall–Kier alpha value is -4.26. The first kappa shape index (κ1) is 30.8. The van der Waals surface area contributed by atoms with E-state index in [0.717, 1.165) is 16.8 Å². The van der Waals surface area contributed by atoms with Gasteiger partial charge in [0.25, 0.3) is 5.56 Å². The van der Waals surface area contributed by atoms with Crippen LogP contribution < -0.4 is 19.6 Å². The number of carbonyl (C=O) groups excluding carboxylic acids is 1. The van der Waals surface area contributed by atoms with Gasteiger partial charge in [0.15, 0.2) is 15.1 Å². The Balaban J connectivity index is 1.52. The molecule has 0 radical (unpaired) electrons. The summed E-state index contributed by atoms with van der Waals surface area (Å²) in [5, 5.41) is 1.11. The molecule has 0 fully saturated rings. The lowest BCUT2D eigenvalue weighted by Gasteiger charge is -2.26. The molecule has 0 saturated carbocycles. The van der Waals surface area contributed by atoms with Crippen molar-refractivity contribution in [2.24, 2.45) is 4.99 Å². The first-order valence-electron chi connectivity index (χ1n) is 14.1. The lowest BCUT2D eigenvalue weighted by Crippen LogP contribution is -2.40. The van der Waals surface area contributed by atoms with E-state index in [2.05, 4.69) is 25.9 Å². The van der Waals surface area contributed by atoms with Gasteiger partial charge in [0.1, 0.15) is 11.5 Å². The third kappa shape index (κ3) is 6.44. The molecule has 0 bridgehead atoms. The second-order valence-corrected chi connectivity index (χ2v) is 12.6. The van der Waals surface area contributed by atoms with Crippen molar-refractivity contribution >= 4 is 56.8 Å². The molecule has 3 aromatic heterocycles. The lowest BCUT2D eigenvalue weighted by atomic mass is 9.93. The van der Waals surface area contributed by atoms with Crippen molar-refractivity contribution < 1.29 is 18.7 Å². The summed E-state index contributed by atoms with van der Waals surface area (Å²) in [6, 6.07) is 19.6. The Morgan fingerprint density at radius 2 is 1.89 bits per heavy atom. The maximum atomic E-state index is 14.2. The summed E-state index contributed by atoms with van der Waals surface area (Å²) in [6.45, 7) is 6.25. The summed E-state index contributed by atoms with van der Waals surface area (Å²) in [6.07, 6.45) is 3.37. The maximum Gasteiger partial charge on any atom is 0.338 e. The van der Waals surface area contributed by atoms with E-state index in [0.29, 0.717) is 47.9 Å². The molecule has 0 saturated heterocycles. The third-order valence-corrected chi connectivity index (χ3v) is 9.49. The number of aromatic nitrogens is 3. The van der Waals surface area contributed by atoms with Crippen LogP contribution in [0.3, 0.4) is 0 Å². The zero-order chi connectivity index (χ0) is 31.5. The number of hydrogen-bond donors (Lipinski definition) is 0. The highest BCUT2D eigenvalue weighted by Crippen LogP contribution is 2.36. The minimum absolute atomic E-state index is 0.173. The quantitative estimate of drug-likeness (QED) is 0.137. The van der Waals surface area contributed by atoms with Gasteiger partial charge in [-0.1, -0.05) is 53.8 Å². The summed E-state index contributed by atoms with van der Waals surface area (Å²) >= 11 is 6.05. The number of thiazole rings is 1. The minimum Gasteiger partial charge on any atom is -0.494 e. The topological polar surface area (TPSA) is 109 Å². The normalized spacial score (nSPS) is 14.7. The fourth-order valence-corrected chi connectivity index (χ4v) is 7.16. The smallest absolute Gasteiger partial charge is 0.338 e. The van der Waals surface area contributed by atoms with Crippen LogP contribution in [0.25, 0.3) is 11.8 Å². The second kappa shape index (κ2) is 13.4. The summed E-state index contributed by atoms with van der Waals surface area (Å²) in [5.41, 5.74) is 2.73. The average molecular weight is 704 g/mol. The van der Waals surface area contributed by atoms with E-state index < -0.39 is 12.0 Å². The van der Waals surface area contributed by atoms with Crippen LogP contribution in [0.4, 0.5) is 0 Å². The molecule has 1 aliphatic heterocycles. The molecule has 9 nitrogen and oxygen atoms in total. The van der Waals surface area contributed by atoms with Gasteiger partial charge in [-0.2, -0.15) is 0 Å². The van der Waals surface area contributed by atoms with Gasteiger partial charge in [-0.25, -0.2) is 19.8 Å². The van der Waals surface area contributed by atoms with E-state index in [-0.39, 0.29) is 17.7 Å². The monoisotopic (exact) mass is 702 g/mol. The number of nitrogens with zero attached hydrogens (tertiary/aromatic N) is 4. The number of carbonyl (C=O) groups is 1. The van der Waals surface area contributed by atoms with Gasteiger partial charge in [0.2, 0.25) is 0 Å². The van der Waals surface area contributed by atoms with Crippen LogP contribution >= 0.6 is 39.0 Å². The van der Waals surface area contributed by atoms with E-state index in [1.807, 2.05) is 74.5 Å². The van der Waals surface area contributed by atoms with Crippen molar-refractivity contribution in [3.05, 3.63) is 125 Å². The molecule has 228 valence electrons. The molecular formula is C33H27BrN4O5S2. The Morgan fingerprint density at radius 3 is 2.60 bits per heavy atom. The Morgan fingerprint density at radius 1 is 1.11 bits per heavy atom. The van der Waals surface area contributed by atoms with Gasteiger partial charge >= 0.3 is 5.97 Å². The van der Waals surface area contributed by atoms with E-state index in [1.165, 1.54) is 23.1 Å². The average Bonchev–Trinajstić information content (AvgIpc) is 3.54. The van der Waals surface area contributed by atoms with Gasteiger partial charge in [-0.15, -0.1) is 0 Å². The SMILES string of the molecule is CCOC(=O)C1=C(c2ccccc2)N=c2s/c(=C\c3cc(Br)c(Sc4nccc(C)n4)o3)c(=O)n2[C@H]1c1ccc(OCC)cc1. The minimum atomic E-state index is -0.791. The zero-order valence-electron chi connectivity index (χ0n) is 24.5. The largest absolute Gasteiger partial charge is 0.494 e. The zero-order valence-corrected chi connectivity index (χ0v) is 27.7. The van der Waals surface area contributed by atoms with Gasteiger partial charge in [-0.05, 0) is 78.3 Å². The summed E-state index contributed by atoms with van der Waals surface area (Å²) in [5.74, 6) is 0.614. The predicted octanol–water partition coefficient (Wildman–Crippen LogP) is 5.94. The van der Waals surface area contributed by atoms with Crippen molar-refractivity contribution in [3.8, 4) is 5.75 Å². The van der Waals surface area contributed by atoms with Crippen LogP contribution in [-0.2, 0) is 9.53 Å². The van der Waals surface area contributed by atoms with E-state index >= 15 is 0 Å². The van der Waals surface area contributed by atoms with Crippen LogP contribution in [0.5, 0.6) is 5.75 Å². The molecule has 4 heterocycles. The molecular weight excluding hydrogens is 676 g/mol. The number of aryl methyl sites for hydroxylation is 1. The number of ether oxygens (including phenoxy) is 2. The van der Waals surface area contributed by atoms with Crippen molar-refractivity contribution in [1.82, 2.24) is 14.5 Å². The Labute approximate surface area is 275 Å². The fourth-order valence-electron chi connectivity index (χ4n) is 4.87. The number of rotatable bonds is 9. The number of fused-ring (bicyclic) bond motifs is 1. The first-order chi connectivity index (χ1) is 21.9. The first-order valence-corrected chi connectivity index (χ1v) is 16.6. The van der Waals surface area contributed by atoms with Gasteiger partial charge in [0, 0.05) is 23.5 Å². The van der Waals surface area contributed by atoms with Crippen molar-refractivity contribution in [3.63, 3.8) is 0 Å². The molecule has 45 heavy (non-hydrogen) atoms. The Bertz CT molecular complexity index is 2090. The number of halogens is 1. The molecule has 0 amide bonds. The molecule has 1 aliphatic rings. The molecule has 5 aromatic rings. The van der Waals surface area contributed by atoms with E-state index in [1.54, 1.807) is 29.8 Å². The van der Waals surface area contributed by atoms with E-state index in [4.69, 9.17) is 18.9 Å². The summed E-state index contributed by atoms with van der Waals surface area (Å²) in [4.78, 5) is 41.9. The molecule has 6 rings (SSSR count). The molecule has 0 spiro atoms. The third-order valence-electron chi connectivity index (χ3n) is 6.79. The number of furan rings is 1. The standard InChI is InChI=1S/C33H27BrN4O5S2/c1-4-41-22-13-11-21(12-14-22)28-26(30(40)42-5-2)27(20-9-7-6-8-10-20)37-33-38(28)29(39)25(44-33)18-23-17-24(34)31(43-23)45-32-35-16-15-19(3)36-32/h6-18,28H,4-5H2,1-3H3/b25-18-/t28-/m0/s1. The molecule has 1 atom stereocenters. The van der Waals surface area contributed by atoms with E-state index in [9.17, 15) is 9.59 Å². The second-order valence-electron chi connectivity index (χ2n) is 9.80. The van der Waals surface area contributed by atoms with Gasteiger partial charge < -0.3 is 13.9 Å². The number of hydrogen-bond acceptors (Lipinski definition) is 10. The number of esters is 1. The van der Waals surface area contributed by atoms with Crippen LogP contribution in [0, 0.1) is 6.92 Å². The lowest BCUT2D eigenvalue weighted by molar-refractivity contribution is -0.138. The molecule has 0 unspecified atom stereocenters. The highest BCUT2D eigenvalue weighted by Gasteiger charge is 2.35. The van der Waals surface area contributed by atoms with Crippen LogP contribution in [-0.4, -0.2) is 33.7 Å². The van der Waals surface area contributed by atoms with Gasteiger partial charge in [0.05, 0.1) is 39.5 Å². The van der Waals surface area contributed by atoms with Crippen molar-refractivity contribution in [2.45, 2.75) is 37.1 Å². The maximum absolute atomic E-state index is 14.2. The van der Waals surface area contributed by atoms with Gasteiger partial charge in [-0.3, -0.25) is 9.36 Å².